The molecule has 2 aromatic carbocycles. The number of benzene rings is 2. The maximum absolute atomic E-state index is 11.7. The van der Waals surface area contributed by atoms with Gasteiger partial charge in [0.15, 0.2) is 12.4 Å². The first-order valence-corrected chi connectivity index (χ1v) is 7.45. The van der Waals surface area contributed by atoms with E-state index in [0.29, 0.717) is 18.9 Å². The van der Waals surface area contributed by atoms with Gasteiger partial charge in [0.1, 0.15) is 12.4 Å². The lowest BCUT2D eigenvalue weighted by Gasteiger charge is -2.09. The van der Waals surface area contributed by atoms with Crippen LogP contribution in [0.5, 0.6) is 11.5 Å². The van der Waals surface area contributed by atoms with E-state index < -0.39 is 10.8 Å². The molecule has 0 atom stereocenters. The third kappa shape index (κ3) is 5.44. The van der Waals surface area contributed by atoms with Crippen molar-refractivity contribution in [3.8, 4) is 11.5 Å². The number of hydrogen-bond acceptors (Lipinski definition) is 5. The number of halogens is 1. The molecule has 0 bridgehead atoms. The Morgan fingerprint density at radius 3 is 2.62 bits per heavy atom. The van der Waals surface area contributed by atoms with Crippen molar-refractivity contribution in [2.75, 3.05) is 19.8 Å². The van der Waals surface area contributed by atoms with Gasteiger partial charge in [-0.05, 0) is 24.3 Å². The van der Waals surface area contributed by atoms with Crippen molar-refractivity contribution in [2.45, 2.75) is 0 Å². The fraction of sp³-hybridized carbons (Fsp3) is 0.188. The number of amides is 1. The van der Waals surface area contributed by atoms with Crippen LogP contribution < -0.4 is 14.8 Å². The van der Waals surface area contributed by atoms with Crippen LogP contribution in [0.1, 0.15) is 0 Å². The Kier molecular flexibility index (Phi) is 6.39. The summed E-state index contributed by atoms with van der Waals surface area (Å²) in [5.41, 5.74) is -0.289. The molecule has 1 amide bonds. The predicted molar refractivity (Wildman–Crippen MR) is 88.5 cm³/mol. The summed E-state index contributed by atoms with van der Waals surface area (Å²) in [5.74, 6) is 0.288. The number of rotatable bonds is 8. The van der Waals surface area contributed by atoms with Gasteiger partial charge in [0.05, 0.1) is 11.5 Å². The van der Waals surface area contributed by atoms with Crippen molar-refractivity contribution in [1.29, 1.82) is 0 Å². The first-order valence-electron chi connectivity index (χ1n) is 7.07. The number of nitro benzene ring substituents is 1. The standard InChI is InChI=1S/C16H15ClN2O5/c17-12-6-7-15(14(10-12)19(21)22)24-11-16(20)18-8-9-23-13-4-2-1-3-5-13/h1-7,10H,8-9,11H2,(H,18,20). The number of nitro groups is 1. The molecular weight excluding hydrogens is 336 g/mol. The van der Waals surface area contributed by atoms with Gasteiger partial charge in [0.2, 0.25) is 0 Å². The Bertz CT molecular complexity index is 709. The first-order chi connectivity index (χ1) is 11.6. The Labute approximate surface area is 143 Å². The van der Waals surface area contributed by atoms with Crippen molar-refractivity contribution in [2.24, 2.45) is 0 Å². The van der Waals surface area contributed by atoms with Crippen molar-refractivity contribution < 1.29 is 19.2 Å². The lowest BCUT2D eigenvalue weighted by molar-refractivity contribution is -0.385. The number of nitrogens with one attached hydrogen (secondary N) is 1. The van der Waals surface area contributed by atoms with Crippen molar-refractivity contribution >= 4 is 23.2 Å². The van der Waals surface area contributed by atoms with Gasteiger partial charge in [-0.25, -0.2) is 0 Å². The summed E-state index contributed by atoms with van der Waals surface area (Å²) in [7, 11) is 0. The van der Waals surface area contributed by atoms with Gasteiger partial charge in [0.25, 0.3) is 5.91 Å². The summed E-state index contributed by atoms with van der Waals surface area (Å²) < 4.78 is 10.6. The van der Waals surface area contributed by atoms with Gasteiger partial charge in [-0.15, -0.1) is 0 Å². The minimum Gasteiger partial charge on any atom is -0.492 e. The fourth-order valence-electron chi connectivity index (χ4n) is 1.83. The highest BCUT2D eigenvalue weighted by Crippen LogP contribution is 2.29. The van der Waals surface area contributed by atoms with Crippen molar-refractivity contribution in [3.63, 3.8) is 0 Å². The van der Waals surface area contributed by atoms with Crippen LogP contribution >= 0.6 is 11.6 Å². The van der Waals surface area contributed by atoms with Gasteiger partial charge < -0.3 is 14.8 Å². The van der Waals surface area contributed by atoms with E-state index in [0.717, 1.165) is 0 Å². The molecule has 8 heteroatoms. The Morgan fingerprint density at radius 2 is 1.92 bits per heavy atom. The van der Waals surface area contributed by atoms with Gasteiger partial charge >= 0.3 is 5.69 Å². The zero-order chi connectivity index (χ0) is 17.4. The van der Waals surface area contributed by atoms with Crippen LogP contribution in [0, 0.1) is 10.1 Å². The normalized spacial score (nSPS) is 10.0. The Balaban J connectivity index is 1.74. The summed E-state index contributed by atoms with van der Waals surface area (Å²) >= 11 is 5.71. The van der Waals surface area contributed by atoms with Crippen LogP contribution in [-0.4, -0.2) is 30.6 Å². The third-order valence-corrected chi connectivity index (χ3v) is 3.15. The lowest BCUT2D eigenvalue weighted by Crippen LogP contribution is -2.32. The average Bonchev–Trinajstić information content (AvgIpc) is 2.58. The van der Waals surface area contributed by atoms with E-state index in [1.807, 2.05) is 30.3 Å². The van der Waals surface area contributed by atoms with Crippen LogP contribution in [-0.2, 0) is 4.79 Å². The monoisotopic (exact) mass is 350 g/mol. The quantitative estimate of drug-likeness (QED) is 0.449. The second kappa shape index (κ2) is 8.73. The summed E-state index contributed by atoms with van der Waals surface area (Å²) in [6, 6.07) is 13.2. The second-order valence-electron chi connectivity index (χ2n) is 4.67. The van der Waals surface area contributed by atoms with E-state index in [4.69, 9.17) is 21.1 Å². The van der Waals surface area contributed by atoms with Gasteiger partial charge in [0, 0.05) is 11.1 Å². The molecule has 0 aliphatic carbocycles. The number of ether oxygens (including phenoxy) is 2. The van der Waals surface area contributed by atoms with E-state index in [9.17, 15) is 14.9 Å². The highest BCUT2D eigenvalue weighted by molar-refractivity contribution is 6.30. The zero-order valence-corrected chi connectivity index (χ0v) is 13.4. The molecule has 0 aliphatic rings. The van der Waals surface area contributed by atoms with Crippen molar-refractivity contribution in [3.05, 3.63) is 63.7 Å². The minimum atomic E-state index is -0.618. The van der Waals surface area contributed by atoms with Crippen LogP contribution in [0.3, 0.4) is 0 Å². The summed E-state index contributed by atoms with van der Waals surface area (Å²) in [6.45, 7) is 0.254. The predicted octanol–water partition coefficient (Wildman–Crippen LogP) is 2.82. The molecule has 7 nitrogen and oxygen atoms in total. The maximum Gasteiger partial charge on any atom is 0.312 e. The maximum atomic E-state index is 11.7. The van der Waals surface area contributed by atoms with Crippen molar-refractivity contribution in [1.82, 2.24) is 5.32 Å². The number of nitrogens with zero attached hydrogens (tertiary/aromatic N) is 1. The number of carbonyl (C=O) groups excluding carboxylic acids is 1. The molecule has 2 aromatic rings. The summed E-state index contributed by atoms with van der Waals surface area (Å²) in [5, 5.41) is 13.7. The van der Waals surface area contributed by atoms with Crippen LogP contribution in [0.2, 0.25) is 5.02 Å². The molecule has 0 radical (unpaired) electrons. The molecule has 0 saturated carbocycles. The third-order valence-electron chi connectivity index (χ3n) is 2.91. The van der Waals surface area contributed by atoms with E-state index in [-0.39, 0.29) is 23.1 Å². The molecule has 126 valence electrons. The number of para-hydroxylation sites is 1. The highest BCUT2D eigenvalue weighted by atomic mass is 35.5. The number of carbonyl (C=O) groups is 1. The molecule has 24 heavy (non-hydrogen) atoms. The van der Waals surface area contributed by atoms with Crippen LogP contribution in [0.15, 0.2) is 48.5 Å². The SMILES string of the molecule is O=C(COc1ccc(Cl)cc1[N+](=O)[O-])NCCOc1ccccc1. The molecule has 0 unspecified atom stereocenters. The molecule has 0 heterocycles. The molecule has 0 saturated heterocycles. The smallest absolute Gasteiger partial charge is 0.312 e. The molecule has 0 aliphatic heterocycles. The minimum absolute atomic E-state index is 0.0138. The summed E-state index contributed by atoms with van der Waals surface area (Å²) in [4.78, 5) is 22.0. The Hall–Kier alpha value is -2.80. The number of hydrogen-bond donors (Lipinski definition) is 1. The topological polar surface area (TPSA) is 90.7 Å². The molecule has 1 N–H and O–H groups in total. The largest absolute Gasteiger partial charge is 0.492 e. The molecular formula is C16H15ClN2O5. The van der Waals surface area contributed by atoms with Gasteiger partial charge in [-0.1, -0.05) is 29.8 Å². The van der Waals surface area contributed by atoms with Crippen LogP contribution in [0.25, 0.3) is 0 Å². The lowest BCUT2D eigenvalue weighted by atomic mass is 10.3. The van der Waals surface area contributed by atoms with Crippen LogP contribution in [0.4, 0.5) is 5.69 Å². The molecule has 0 fully saturated rings. The van der Waals surface area contributed by atoms with E-state index in [1.165, 1.54) is 18.2 Å². The molecule has 0 aromatic heterocycles. The second-order valence-corrected chi connectivity index (χ2v) is 5.11. The zero-order valence-electron chi connectivity index (χ0n) is 12.6. The molecule has 2 rings (SSSR count). The Morgan fingerprint density at radius 1 is 1.17 bits per heavy atom. The van der Waals surface area contributed by atoms with E-state index >= 15 is 0 Å². The highest BCUT2D eigenvalue weighted by Gasteiger charge is 2.16. The van der Waals surface area contributed by atoms with Gasteiger partial charge in [-0.2, -0.15) is 0 Å². The molecule has 0 spiro atoms. The fourth-order valence-corrected chi connectivity index (χ4v) is 1.99. The van der Waals surface area contributed by atoms with E-state index in [2.05, 4.69) is 5.32 Å². The summed E-state index contributed by atoms with van der Waals surface area (Å²) in [6.07, 6.45) is 0. The first kappa shape index (κ1) is 17.6. The van der Waals surface area contributed by atoms with Gasteiger partial charge in [-0.3, -0.25) is 14.9 Å². The average molecular weight is 351 g/mol. The van der Waals surface area contributed by atoms with E-state index in [1.54, 1.807) is 0 Å².